The van der Waals surface area contributed by atoms with Gasteiger partial charge in [0, 0.05) is 16.2 Å². The largest absolute Gasteiger partial charge is 0.493 e. The van der Waals surface area contributed by atoms with Gasteiger partial charge < -0.3 is 14.2 Å². The van der Waals surface area contributed by atoms with Crippen LogP contribution in [0.4, 0.5) is 0 Å². The van der Waals surface area contributed by atoms with Gasteiger partial charge in [-0.3, -0.25) is 0 Å². The third-order valence-corrected chi connectivity index (χ3v) is 5.74. The number of fused-ring (bicyclic) bond motifs is 1. The molecule has 1 unspecified atom stereocenters. The van der Waals surface area contributed by atoms with Crippen LogP contribution in [-0.2, 0) is 11.2 Å². The first-order chi connectivity index (χ1) is 10.1. The Hall–Kier alpha value is -0.740. The van der Waals surface area contributed by atoms with Gasteiger partial charge in [-0.25, -0.2) is 0 Å². The molecule has 0 fully saturated rings. The first kappa shape index (κ1) is 16.6. The molecule has 5 heteroatoms. The number of alkyl halides is 1. The Morgan fingerprint density at radius 1 is 1.19 bits per heavy atom. The summed E-state index contributed by atoms with van der Waals surface area (Å²) in [5.74, 6) is 4.00. The first-order valence-corrected chi connectivity index (χ1v) is 8.65. The quantitative estimate of drug-likeness (QED) is 0.729. The lowest BCUT2D eigenvalue weighted by Gasteiger charge is -2.37. The fraction of sp³-hybridized carbons (Fsp3) is 0.625. The molecular formula is C16H23ClO3S. The fourth-order valence-electron chi connectivity index (χ4n) is 3.04. The standard InChI is InChI=1S/C16H23ClO3S/c1-16(7-5-8-17)13-11(6-9-21-16)10-12(18-2)14(19-3)15(13)20-4/h10H,5-9H2,1-4H3. The minimum absolute atomic E-state index is 0.00731. The van der Waals surface area contributed by atoms with Crippen LogP contribution in [0.25, 0.3) is 0 Å². The van der Waals surface area contributed by atoms with Crippen molar-refractivity contribution in [2.75, 3.05) is 33.0 Å². The predicted molar refractivity (Wildman–Crippen MR) is 89.6 cm³/mol. The molecule has 3 nitrogen and oxygen atoms in total. The molecule has 1 heterocycles. The van der Waals surface area contributed by atoms with Crippen LogP contribution in [0.15, 0.2) is 6.07 Å². The Morgan fingerprint density at radius 2 is 1.90 bits per heavy atom. The maximum absolute atomic E-state index is 5.90. The van der Waals surface area contributed by atoms with Gasteiger partial charge in [0.05, 0.1) is 21.3 Å². The zero-order valence-corrected chi connectivity index (χ0v) is 14.7. The molecular weight excluding hydrogens is 308 g/mol. The number of hydrogen-bond donors (Lipinski definition) is 0. The van der Waals surface area contributed by atoms with E-state index in [9.17, 15) is 0 Å². The lowest BCUT2D eigenvalue weighted by Crippen LogP contribution is -2.26. The fourth-order valence-corrected chi connectivity index (χ4v) is 4.61. The highest BCUT2D eigenvalue weighted by atomic mass is 35.5. The minimum Gasteiger partial charge on any atom is -0.493 e. The number of ether oxygens (including phenoxy) is 3. The smallest absolute Gasteiger partial charge is 0.203 e. The molecule has 21 heavy (non-hydrogen) atoms. The van der Waals surface area contributed by atoms with Gasteiger partial charge >= 0.3 is 0 Å². The molecule has 0 N–H and O–H groups in total. The molecule has 0 bridgehead atoms. The van der Waals surface area contributed by atoms with Gasteiger partial charge in [-0.05, 0) is 43.6 Å². The van der Waals surface area contributed by atoms with Crippen molar-refractivity contribution >= 4 is 23.4 Å². The van der Waals surface area contributed by atoms with Gasteiger partial charge in [0.15, 0.2) is 11.5 Å². The van der Waals surface area contributed by atoms with Crippen LogP contribution >= 0.6 is 23.4 Å². The highest BCUT2D eigenvalue weighted by Gasteiger charge is 2.37. The summed E-state index contributed by atoms with van der Waals surface area (Å²) in [7, 11) is 5.01. The number of aryl methyl sites for hydroxylation is 1. The van der Waals surface area contributed by atoms with Crippen LogP contribution in [0.2, 0.25) is 0 Å². The Labute approximate surface area is 136 Å². The maximum Gasteiger partial charge on any atom is 0.203 e. The normalized spacial score (nSPS) is 20.8. The van der Waals surface area contributed by atoms with E-state index >= 15 is 0 Å². The summed E-state index contributed by atoms with van der Waals surface area (Å²) in [4.78, 5) is 0. The molecule has 0 spiro atoms. The van der Waals surface area contributed by atoms with Crippen molar-refractivity contribution in [3.8, 4) is 17.2 Å². The van der Waals surface area contributed by atoms with Crippen LogP contribution in [0.5, 0.6) is 17.2 Å². The van der Waals surface area contributed by atoms with Gasteiger partial charge in [0.1, 0.15) is 0 Å². The summed E-state index contributed by atoms with van der Waals surface area (Å²) in [5, 5.41) is 0. The topological polar surface area (TPSA) is 27.7 Å². The van der Waals surface area contributed by atoms with E-state index in [0.29, 0.717) is 11.6 Å². The molecule has 0 radical (unpaired) electrons. The Morgan fingerprint density at radius 3 is 2.48 bits per heavy atom. The van der Waals surface area contributed by atoms with E-state index in [0.717, 1.165) is 36.5 Å². The number of thioether (sulfide) groups is 1. The van der Waals surface area contributed by atoms with E-state index in [-0.39, 0.29) is 4.75 Å². The predicted octanol–water partition coefficient (Wildman–Crippen LogP) is 4.24. The first-order valence-electron chi connectivity index (χ1n) is 7.13. The van der Waals surface area contributed by atoms with Crippen molar-refractivity contribution in [3.05, 3.63) is 17.2 Å². The molecule has 2 rings (SSSR count). The molecule has 118 valence electrons. The van der Waals surface area contributed by atoms with Crippen molar-refractivity contribution in [2.45, 2.75) is 30.9 Å². The van der Waals surface area contributed by atoms with E-state index in [4.69, 9.17) is 25.8 Å². The third-order valence-electron chi connectivity index (χ3n) is 4.02. The van der Waals surface area contributed by atoms with E-state index < -0.39 is 0 Å². The van der Waals surface area contributed by atoms with Crippen molar-refractivity contribution < 1.29 is 14.2 Å². The van der Waals surface area contributed by atoms with Crippen LogP contribution in [0.3, 0.4) is 0 Å². The average Bonchev–Trinajstić information content (AvgIpc) is 2.51. The van der Waals surface area contributed by atoms with Crippen LogP contribution in [0, 0.1) is 0 Å². The number of rotatable bonds is 6. The molecule has 0 aromatic heterocycles. The van der Waals surface area contributed by atoms with Gasteiger partial charge in [0.25, 0.3) is 0 Å². The summed E-state index contributed by atoms with van der Waals surface area (Å²) in [6.07, 6.45) is 3.04. The number of halogens is 1. The zero-order valence-electron chi connectivity index (χ0n) is 13.1. The maximum atomic E-state index is 5.90. The molecule has 0 saturated carbocycles. The molecule has 0 saturated heterocycles. The van der Waals surface area contributed by atoms with E-state index in [1.165, 1.54) is 11.1 Å². The monoisotopic (exact) mass is 330 g/mol. The molecule has 1 aromatic rings. The van der Waals surface area contributed by atoms with Gasteiger partial charge in [0.2, 0.25) is 5.75 Å². The second-order valence-electron chi connectivity index (χ2n) is 5.30. The van der Waals surface area contributed by atoms with E-state index in [1.54, 1.807) is 21.3 Å². The Kier molecular flexibility index (Phi) is 5.55. The highest BCUT2D eigenvalue weighted by molar-refractivity contribution is 8.00. The third kappa shape index (κ3) is 3.07. The molecule has 1 atom stereocenters. The lowest BCUT2D eigenvalue weighted by molar-refractivity contribution is 0.318. The van der Waals surface area contributed by atoms with E-state index in [1.807, 2.05) is 11.8 Å². The molecule has 0 amide bonds. The second kappa shape index (κ2) is 7.01. The summed E-state index contributed by atoms with van der Waals surface area (Å²) >= 11 is 7.88. The summed E-state index contributed by atoms with van der Waals surface area (Å²) in [6, 6.07) is 2.09. The van der Waals surface area contributed by atoms with Gasteiger partial charge in [-0.1, -0.05) is 0 Å². The number of hydrogen-bond acceptors (Lipinski definition) is 4. The van der Waals surface area contributed by atoms with Crippen molar-refractivity contribution in [1.82, 2.24) is 0 Å². The number of benzene rings is 1. The second-order valence-corrected chi connectivity index (χ2v) is 7.28. The number of methoxy groups -OCH3 is 3. The average molecular weight is 331 g/mol. The van der Waals surface area contributed by atoms with Crippen LogP contribution < -0.4 is 14.2 Å². The summed E-state index contributed by atoms with van der Waals surface area (Å²) in [5.41, 5.74) is 2.53. The SMILES string of the molecule is COc1cc2c(c(OC)c1OC)C(C)(CCCCl)SCC2. The molecule has 1 aliphatic rings. The van der Waals surface area contributed by atoms with Crippen molar-refractivity contribution in [2.24, 2.45) is 0 Å². The Bertz CT molecular complexity index is 507. The van der Waals surface area contributed by atoms with Crippen LogP contribution in [-0.4, -0.2) is 33.0 Å². The van der Waals surface area contributed by atoms with Crippen molar-refractivity contribution in [1.29, 1.82) is 0 Å². The van der Waals surface area contributed by atoms with Gasteiger partial charge in [-0.15, -0.1) is 11.6 Å². The highest BCUT2D eigenvalue weighted by Crippen LogP contribution is 2.54. The minimum atomic E-state index is 0.00731. The summed E-state index contributed by atoms with van der Waals surface area (Å²) < 4.78 is 16.7. The van der Waals surface area contributed by atoms with E-state index in [2.05, 4.69) is 13.0 Å². The lowest BCUT2D eigenvalue weighted by atomic mass is 9.88. The molecule has 1 aliphatic heterocycles. The Balaban J connectivity index is 2.61. The molecule has 0 aliphatic carbocycles. The zero-order chi connectivity index (χ0) is 15.5. The van der Waals surface area contributed by atoms with Crippen molar-refractivity contribution in [3.63, 3.8) is 0 Å². The van der Waals surface area contributed by atoms with Crippen LogP contribution in [0.1, 0.15) is 30.9 Å². The van der Waals surface area contributed by atoms with Gasteiger partial charge in [-0.2, -0.15) is 11.8 Å². The summed E-state index contributed by atoms with van der Waals surface area (Å²) in [6.45, 7) is 2.27. The molecule has 1 aromatic carbocycles.